The molecule has 0 radical (unpaired) electrons. The maximum Gasteiger partial charge on any atom is 0.155 e. The Hall–Kier alpha value is -0.790. The summed E-state index contributed by atoms with van der Waals surface area (Å²) in [5, 5.41) is 0. The van der Waals surface area contributed by atoms with Gasteiger partial charge in [0.1, 0.15) is 0 Å². The quantitative estimate of drug-likeness (QED) is 0.517. The molecule has 2 nitrogen and oxygen atoms in total. The molecule has 0 bridgehead atoms. The molecule has 0 aliphatic rings. The van der Waals surface area contributed by atoms with Crippen LogP contribution in [0, 0.1) is 3.57 Å². The van der Waals surface area contributed by atoms with E-state index in [1.165, 1.54) is 9.60 Å². The van der Waals surface area contributed by atoms with E-state index in [9.17, 15) is 0 Å². The molecule has 18 heavy (non-hydrogen) atoms. The van der Waals surface area contributed by atoms with E-state index in [0.29, 0.717) is 0 Å². The van der Waals surface area contributed by atoms with Gasteiger partial charge in [0, 0.05) is 14.2 Å². The molecular formula is C13H9IN2S2. The Kier molecular flexibility index (Phi) is 3.45. The molecule has 5 heteroatoms. The first-order valence-electron chi connectivity index (χ1n) is 5.31. The van der Waals surface area contributed by atoms with Gasteiger partial charge in [-0.25, -0.2) is 4.98 Å². The lowest BCUT2D eigenvalue weighted by molar-refractivity contribution is 1.29. The van der Waals surface area contributed by atoms with Crippen LogP contribution in [0.2, 0.25) is 0 Å². The average molecular weight is 384 g/mol. The van der Waals surface area contributed by atoms with Gasteiger partial charge >= 0.3 is 0 Å². The number of para-hydroxylation sites is 1. The number of anilines is 1. The molecule has 2 aromatic carbocycles. The van der Waals surface area contributed by atoms with Crippen LogP contribution in [0.1, 0.15) is 0 Å². The zero-order chi connectivity index (χ0) is 12.5. The number of hydrogen-bond donors (Lipinski definition) is 1. The highest BCUT2D eigenvalue weighted by Gasteiger charge is 2.07. The zero-order valence-corrected chi connectivity index (χ0v) is 13.1. The van der Waals surface area contributed by atoms with Gasteiger partial charge in [-0.2, -0.15) is 0 Å². The van der Waals surface area contributed by atoms with Gasteiger partial charge in [-0.3, -0.25) is 0 Å². The van der Waals surface area contributed by atoms with Gasteiger partial charge in [0.05, 0.1) is 10.2 Å². The largest absolute Gasteiger partial charge is 0.399 e. The van der Waals surface area contributed by atoms with E-state index in [-0.39, 0.29) is 0 Å². The summed E-state index contributed by atoms with van der Waals surface area (Å²) in [7, 11) is 0. The molecule has 1 aromatic heterocycles. The summed E-state index contributed by atoms with van der Waals surface area (Å²) >= 11 is 5.72. The van der Waals surface area contributed by atoms with Crippen molar-refractivity contribution in [3.05, 3.63) is 46.0 Å². The first kappa shape index (κ1) is 12.3. The molecule has 0 spiro atoms. The summed E-state index contributed by atoms with van der Waals surface area (Å²) in [6.45, 7) is 0. The number of aromatic nitrogens is 1. The molecule has 0 saturated heterocycles. The van der Waals surface area contributed by atoms with Crippen LogP contribution in [-0.2, 0) is 0 Å². The second kappa shape index (κ2) is 5.07. The smallest absolute Gasteiger partial charge is 0.155 e. The summed E-state index contributed by atoms with van der Waals surface area (Å²) in [4.78, 5) is 5.82. The van der Waals surface area contributed by atoms with E-state index in [1.807, 2.05) is 36.4 Å². The molecule has 0 fully saturated rings. The first-order valence-corrected chi connectivity index (χ1v) is 8.02. The fraction of sp³-hybridized carbons (Fsp3) is 0. The fourth-order valence-corrected chi connectivity index (χ4v) is 4.49. The van der Waals surface area contributed by atoms with Crippen molar-refractivity contribution in [3.63, 3.8) is 0 Å². The number of fused-ring (bicyclic) bond motifs is 1. The number of benzene rings is 2. The van der Waals surface area contributed by atoms with Crippen LogP contribution in [0.5, 0.6) is 0 Å². The van der Waals surface area contributed by atoms with Crippen LogP contribution in [0.4, 0.5) is 5.69 Å². The molecular weight excluding hydrogens is 375 g/mol. The van der Waals surface area contributed by atoms with E-state index in [2.05, 4.69) is 33.6 Å². The van der Waals surface area contributed by atoms with Crippen molar-refractivity contribution in [1.82, 2.24) is 4.98 Å². The van der Waals surface area contributed by atoms with Gasteiger partial charge in [-0.05, 0) is 52.9 Å². The van der Waals surface area contributed by atoms with Gasteiger partial charge in [-0.15, -0.1) is 11.3 Å². The molecule has 0 aliphatic carbocycles. The van der Waals surface area contributed by atoms with Crippen LogP contribution >= 0.6 is 45.7 Å². The van der Waals surface area contributed by atoms with Crippen molar-refractivity contribution in [1.29, 1.82) is 0 Å². The Labute approximate surface area is 127 Å². The lowest BCUT2D eigenvalue weighted by Gasteiger charge is -2.02. The van der Waals surface area contributed by atoms with Crippen molar-refractivity contribution in [2.24, 2.45) is 0 Å². The monoisotopic (exact) mass is 384 g/mol. The Balaban J connectivity index is 1.96. The van der Waals surface area contributed by atoms with Crippen molar-refractivity contribution >= 4 is 61.6 Å². The number of nitrogen functional groups attached to an aromatic ring is 1. The van der Waals surface area contributed by atoms with E-state index < -0.39 is 0 Å². The predicted octanol–water partition coefficient (Wildman–Crippen LogP) is 4.63. The van der Waals surface area contributed by atoms with E-state index in [0.717, 1.165) is 19.1 Å². The molecule has 3 aromatic rings. The predicted molar refractivity (Wildman–Crippen MR) is 87.3 cm³/mol. The molecule has 0 saturated carbocycles. The van der Waals surface area contributed by atoms with Gasteiger partial charge in [-0.1, -0.05) is 23.9 Å². The molecule has 0 unspecified atom stereocenters. The van der Waals surface area contributed by atoms with Crippen molar-refractivity contribution in [2.75, 3.05) is 5.73 Å². The normalized spacial score (nSPS) is 10.9. The first-order chi connectivity index (χ1) is 8.72. The molecule has 0 amide bonds. The number of thiazole rings is 1. The second-order valence-electron chi connectivity index (χ2n) is 3.74. The topological polar surface area (TPSA) is 38.9 Å². The van der Waals surface area contributed by atoms with E-state index >= 15 is 0 Å². The van der Waals surface area contributed by atoms with Gasteiger partial charge in [0.2, 0.25) is 0 Å². The third-order valence-electron chi connectivity index (χ3n) is 2.43. The second-order valence-corrected chi connectivity index (χ2v) is 7.22. The van der Waals surface area contributed by atoms with Gasteiger partial charge < -0.3 is 5.73 Å². The van der Waals surface area contributed by atoms with Crippen LogP contribution in [0.15, 0.2) is 51.7 Å². The highest BCUT2D eigenvalue weighted by molar-refractivity contribution is 14.1. The molecule has 90 valence electrons. The van der Waals surface area contributed by atoms with E-state index in [4.69, 9.17) is 5.73 Å². The summed E-state index contributed by atoms with van der Waals surface area (Å²) in [6.07, 6.45) is 0. The minimum atomic E-state index is 0.799. The Bertz CT molecular complexity index is 676. The van der Waals surface area contributed by atoms with Crippen molar-refractivity contribution in [2.45, 2.75) is 9.24 Å². The molecule has 0 aliphatic heterocycles. The molecule has 0 atom stereocenters. The highest BCUT2D eigenvalue weighted by atomic mass is 127. The summed E-state index contributed by atoms with van der Waals surface area (Å²) in [6, 6.07) is 14.2. The van der Waals surface area contributed by atoms with Gasteiger partial charge in [0.15, 0.2) is 4.34 Å². The molecule has 3 rings (SSSR count). The number of nitrogens with two attached hydrogens (primary N) is 1. The molecule has 2 N–H and O–H groups in total. The third-order valence-corrected chi connectivity index (χ3v) is 5.86. The standard InChI is InChI=1S/C13H9IN2S2/c14-9-7-8(15)5-6-11(9)17-13-16-10-3-1-2-4-12(10)18-13/h1-7H,15H2. The number of rotatable bonds is 2. The van der Waals surface area contributed by atoms with Crippen molar-refractivity contribution < 1.29 is 0 Å². The summed E-state index contributed by atoms with van der Waals surface area (Å²) < 4.78 is 3.46. The SMILES string of the molecule is Nc1ccc(Sc2nc3ccccc3s2)c(I)c1. The number of hydrogen-bond acceptors (Lipinski definition) is 4. The maximum atomic E-state index is 5.76. The minimum absolute atomic E-state index is 0.799. The summed E-state index contributed by atoms with van der Waals surface area (Å²) in [5.41, 5.74) is 7.62. The Morgan fingerprint density at radius 2 is 2.00 bits per heavy atom. The number of halogens is 1. The highest BCUT2D eigenvalue weighted by Crippen LogP contribution is 2.36. The Morgan fingerprint density at radius 1 is 1.17 bits per heavy atom. The lowest BCUT2D eigenvalue weighted by atomic mass is 10.3. The number of nitrogens with zero attached hydrogens (tertiary/aromatic N) is 1. The maximum absolute atomic E-state index is 5.76. The van der Waals surface area contributed by atoms with Crippen LogP contribution < -0.4 is 5.73 Å². The lowest BCUT2D eigenvalue weighted by Crippen LogP contribution is -1.86. The molecule has 1 heterocycles. The third kappa shape index (κ3) is 2.48. The van der Waals surface area contributed by atoms with Crippen LogP contribution in [0.25, 0.3) is 10.2 Å². The van der Waals surface area contributed by atoms with E-state index in [1.54, 1.807) is 23.1 Å². The zero-order valence-electron chi connectivity index (χ0n) is 9.26. The average Bonchev–Trinajstić information content (AvgIpc) is 2.75. The summed E-state index contributed by atoms with van der Waals surface area (Å²) in [5.74, 6) is 0. The van der Waals surface area contributed by atoms with Crippen molar-refractivity contribution in [3.8, 4) is 0 Å². The van der Waals surface area contributed by atoms with Crippen LogP contribution in [-0.4, -0.2) is 4.98 Å². The fourth-order valence-electron chi connectivity index (χ4n) is 1.59. The Morgan fingerprint density at radius 3 is 2.78 bits per heavy atom. The van der Waals surface area contributed by atoms with Crippen LogP contribution in [0.3, 0.4) is 0 Å². The minimum Gasteiger partial charge on any atom is -0.399 e. The van der Waals surface area contributed by atoms with Gasteiger partial charge in [0.25, 0.3) is 0 Å².